The minimum atomic E-state index is -0.478. The summed E-state index contributed by atoms with van der Waals surface area (Å²) in [5.74, 6) is 0. The first-order valence-electron chi connectivity index (χ1n) is 5.11. The predicted octanol–water partition coefficient (Wildman–Crippen LogP) is 2.75. The third-order valence-corrected chi connectivity index (χ3v) is 2.78. The summed E-state index contributed by atoms with van der Waals surface area (Å²) >= 11 is 5.87. The lowest BCUT2D eigenvalue weighted by molar-refractivity contribution is 0.524. The van der Waals surface area contributed by atoms with Gasteiger partial charge in [-0.2, -0.15) is 10.0 Å². The molecule has 1 atom stereocenters. The second-order valence-corrected chi connectivity index (χ2v) is 4.18. The molecule has 6 heteroatoms. The number of hydrogen-bond donors (Lipinski definition) is 0. The van der Waals surface area contributed by atoms with Crippen LogP contribution < -0.4 is 0 Å². The maximum absolute atomic E-state index is 10.9. The highest BCUT2D eigenvalue weighted by Gasteiger charge is 2.15. The van der Waals surface area contributed by atoms with Crippen molar-refractivity contribution >= 4 is 11.6 Å². The van der Waals surface area contributed by atoms with E-state index >= 15 is 0 Å². The summed E-state index contributed by atoms with van der Waals surface area (Å²) in [5, 5.41) is 7.75. The van der Waals surface area contributed by atoms with Crippen molar-refractivity contribution < 1.29 is 0 Å². The predicted molar refractivity (Wildman–Crippen MR) is 64.7 cm³/mol. The van der Waals surface area contributed by atoms with Gasteiger partial charge in [0.2, 0.25) is 0 Å². The number of hydrogen-bond acceptors (Lipinski definition) is 4. The molecule has 0 amide bonds. The van der Waals surface area contributed by atoms with Crippen molar-refractivity contribution in [3.63, 3.8) is 0 Å². The van der Waals surface area contributed by atoms with E-state index in [9.17, 15) is 4.91 Å². The molecule has 0 fully saturated rings. The van der Waals surface area contributed by atoms with Crippen molar-refractivity contribution in [2.75, 3.05) is 0 Å². The monoisotopic (exact) mass is 250 g/mol. The highest BCUT2D eigenvalue weighted by atomic mass is 35.5. The van der Waals surface area contributed by atoms with Crippen molar-refractivity contribution in [2.45, 2.75) is 19.5 Å². The van der Waals surface area contributed by atoms with Crippen molar-refractivity contribution in [3.05, 3.63) is 51.9 Å². The second-order valence-electron chi connectivity index (χ2n) is 3.74. The Balaban J connectivity index is 2.26. The molecule has 5 nitrogen and oxygen atoms in total. The van der Waals surface area contributed by atoms with Crippen molar-refractivity contribution in [1.82, 2.24) is 14.8 Å². The molecule has 0 bridgehead atoms. The Labute approximate surface area is 103 Å². The van der Waals surface area contributed by atoms with Crippen LogP contribution in [0, 0.1) is 11.8 Å². The van der Waals surface area contributed by atoms with Gasteiger partial charge < -0.3 is 0 Å². The van der Waals surface area contributed by atoms with Gasteiger partial charge in [0.15, 0.2) is 0 Å². The average molecular weight is 251 g/mol. The van der Waals surface area contributed by atoms with Gasteiger partial charge in [-0.1, -0.05) is 22.8 Å². The summed E-state index contributed by atoms with van der Waals surface area (Å²) in [6.45, 7) is 2.28. The maximum atomic E-state index is 10.9. The van der Waals surface area contributed by atoms with E-state index in [1.54, 1.807) is 17.1 Å². The number of rotatable bonds is 4. The molecular weight excluding hydrogens is 240 g/mol. The van der Waals surface area contributed by atoms with Crippen molar-refractivity contribution in [1.29, 1.82) is 0 Å². The molecule has 0 saturated carbocycles. The number of nitrogens with zero attached hydrogens (tertiary/aromatic N) is 4. The number of aromatic nitrogens is 3. The fourth-order valence-electron chi connectivity index (χ4n) is 1.71. The van der Waals surface area contributed by atoms with Gasteiger partial charge in [-0.15, -0.1) is 0 Å². The third-order valence-electron chi connectivity index (χ3n) is 2.54. The van der Waals surface area contributed by atoms with Crippen LogP contribution in [-0.4, -0.2) is 14.8 Å². The van der Waals surface area contributed by atoms with Gasteiger partial charge in [-0.05, 0) is 30.2 Å². The van der Waals surface area contributed by atoms with Gasteiger partial charge in [0.25, 0.3) is 0 Å². The first-order chi connectivity index (χ1) is 8.20. The Hall–Kier alpha value is -1.75. The summed E-state index contributed by atoms with van der Waals surface area (Å²) < 4.78 is 1.58. The quantitative estimate of drug-likeness (QED) is 0.784. The molecule has 1 aromatic carbocycles. The van der Waals surface area contributed by atoms with Gasteiger partial charge in [0.05, 0.1) is 6.54 Å². The number of halogens is 1. The Kier molecular flexibility index (Phi) is 3.49. The molecule has 1 heterocycles. The highest BCUT2D eigenvalue weighted by molar-refractivity contribution is 6.30. The van der Waals surface area contributed by atoms with Crippen LogP contribution in [0.5, 0.6) is 0 Å². The zero-order valence-electron chi connectivity index (χ0n) is 9.25. The molecule has 0 aliphatic heterocycles. The van der Waals surface area contributed by atoms with Gasteiger partial charge in [0, 0.05) is 5.02 Å². The molecular formula is C11H11ClN4O. The van der Waals surface area contributed by atoms with Crippen LogP contribution in [0.15, 0.2) is 36.0 Å². The largest absolute Gasteiger partial charge is 0.250 e. The van der Waals surface area contributed by atoms with Crippen LogP contribution >= 0.6 is 11.6 Å². The van der Waals surface area contributed by atoms with E-state index in [-0.39, 0.29) is 0 Å². The number of benzene rings is 1. The summed E-state index contributed by atoms with van der Waals surface area (Å²) in [6.07, 6.45) is 2.99. The van der Waals surface area contributed by atoms with Crippen LogP contribution in [0.4, 0.5) is 0 Å². The van der Waals surface area contributed by atoms with Crippen LogP contribution in [0.3, 0.4) is 0 Å². The molecule has 2 aromatic rings. The standard InChI is InChI=1S/C11H11ClN4O/c1-8-4-9(12)2-3-10(8)11(15-17)5-16-7-13-6-14-16/h2-4,6-7,11H,5H2,1H3. The van der Waals surface area contributed by atoms with E-state index in [1.165, 1.54) is 6.33 Å². The van der Waals surface area contributed by atoms with E-state index in [4.69, 9.17) is 11.6 Å². The Morgan fingerprint density at radius 2 is 2.35 bits per heavy atom. The van der Waals surface area contributed by atoms with E-state index < -0.39 is 6.04 Å². The molecule has 1 aromatic heterocycles. The topological polar surface area (TPSA) is 60.1 Å². The lowest BCUT2D eigenvalue weighted by Gasteiger charge is -2.12. The molecule has 88 valence electrons. The van der Waals surface area contributed by atoms with E-state index in [0.717, 1.165) is 11.1 Å². The Bertz CT molecular complexity index is 512. The molecule has 0 radical (unpaired) electrons. The normalized spacial score (nSPS) is 12.4. The van der Waals surface area contributed by atoms with E-state index in [0.29, 0.717) is 11.6 Å². The van der Waals surface area contributed by atoms with Gasteiger partial charge in [0.1, 0.15) is 18.7 Å². The summed E-state index contributed by atoms with van der Waals surface area (Å²) in [7, 11) is 0. The molecule has 0 N–H and O–H groups in total. The summed E-state index contributed by atoms with van der Waals surface area (Å²) in [6, 6.07) is 4.91. The molecule has 17 heavy (non-hydrogen) atoms. The van der Waals surface area contributed by atoms with Gasteiger partial charge in [-0.3, -0.25) is 4.68 Å². The molecule has 2 rings (SSSR count). The second kappa shape index (κ2) is 5.05. The van der Waals surface area contributed by atoms with Crippen LogP contribution in [0.2, 0.25) is 5.02 Å². The molecule has 0 aliphatic carbocycles. The van der Waals surface area contributed by atoms with Crippen molar-refractivity contribution in [3.8, 4) is 0 Å². The van der Waals surface area contributed by atoms with Gasteiger partial charge in [-0.25, -0.2) is 4.98 Å². The van der Waals surface area contributed by atoms with Crippen LogP contribution in [0.25, 0.3) is 0 Å². The van der Waals surface area contributed by atoms with E-state index in [2.05, 4.69) is 15.3 Å². The molecule has 1 unspecified atom stereocenters. The Morgan fingerprint density at radius 3 is 2.94 bits per heavy atom. The fraction of sp³-hybridized carbons (Fsp3) is 0.273. The lowest BCUT2D eigenvalue weighted by Crippen LogP contribution is -2.08. The average Bonchev–Trinajstić information content (AvgIpc) is 2.79. The highest BCUT2D eigenvalue weighted by Crippen LogP contribution is 2.25. The van der Waals surface area contributed by atoms with Crippen LogP contribution in [-0.2, 0) is 6.54 Å². The fourth-order valence-corrected chi connectivity index (χ4v) is 1.93. The van der Waals surface area contributed by atoms with Crippen LogP contribution in [0.1, 0.15) is 17.2 Å². The first-order valence-corrected chi connectivity index (χ1v) is 5.49. The zero-order valence-corrected chi connectivity index (χ0v) is 10.0. The van der Waals surface area contributed by atoms with Gasteiger partial charge >= 0.3 is 0 Å². The SMILES string of the molecule is Cc1cc(Cl)ccc1C(Cn1cncn1)N=O. The zero-order chi connectivity index (χ0) is 12.3. The minimum absolute atomic E-state index is 0.381. The first kappa shape index (κ1) is 11.7. The summed E-state index contributed by atoms with van der Waals surface area (Å²) in [5.41, 5.74) is 1.81. The summed E-state index contributed by atoms with van der Waals surface area (Å²) in [4.78, 5) is 14.8. The smallest absolute Gasteiger partial charge is 0.137 e. The van der Waals surface area contributed by atoms with Crippen molar-refractivity contribution in [2.24, 2.45) is 5.18 Å². The minimum Gasteiger partial charge on any atom is -0.250 e. The maximum Gasteiger partial charge on any atom is 0.137 e. The lowest BCUT2D eigenvalue weighted by atomic mass is 10.0. The molecule has 0 aliphatic rings. The van der Waals surface area contributed by atoms with E-state index in [1.807, 2.05) is 19.1 Å². The molecule has 0 spiro atoms. The number of nitroso groups, excluding NO2 is 1. The Morgan fingerprint density at radius 1 is 1.53 bits per heavy atom. The third kappa shape index (κ3) is 2.68. The molecule has 0 saturated heterocycles. The number of aryl methyl sites for hydroxylation is 1.